The van der Waals surface area contributed by atoms with Gasteiger partial charge >= 0.3 is 11.9 Å². The number of esters is 1. The number of nitrogens with two attached hydrogens (primary N) is 1. The maximum atomic E-state index is 11.1. The summed E-state index contributed by atoms with van der Waals surface area (Å²) in [5.74, 6) is -1.69. The Morgan fingerprint density at radius 3 is 2.41 bits per heavy atom. The molecule has 0 saturated carbocycles. The van der Waals surface area contributed by atoms with E-state index < -0.39 is 23.6 Å². The van der Waals surface area contributed by atoms with Gasteiger partial charge in [-0.3, -0.25) is 4.79 Å². The van der Waals surface area contributed by atoms with Gasteiger partial charge in [-0.1, -0.05) is 0 Å². The van der Waals surface area contributed by atoms with Gasteiger partial charge in [0.1, 0.15) is 6.04 Å². The fourth-order valence-corrected chi connectivity index (χ4v) is 1.85. The third-order valence-electron chi connectivity index (χ3n) is 1.79. The minimum absolute atomic E-state index is 0.0577. The van der Waals surface area contributed by atoms with Gasteiger partial charge in [-0.15, -0.1) is 11.8 Å². The second-order valence-electron chi connectivity index (χ2n) is 3.85. The number of hydrogen-bond acceptors (Lipinski definition) is 6. The fourth-order valence-electron chi connectivity index (χ4n) is 0.812. The van der Waals surface area contributed by atoms with Gasteiger partial charge in [-0.25, -0.2) is 4.79 Å². The van der Waals surface area contributed by atoms with E-state index in [-0.39, 0.29) is 5.75 Å². The van der Waals surface area contributed by atoms with Crippen molar-refractivity contribution in [3.63, 3.8) is 0 Å². The molecule has 0 amide bonds. The second kappa shape index (κ2) is 6.63. The molecule has 1 atom stereocenters. The van der Waals surface area contributed by atoms with Crippen LogP contribution in [-0.2, 0) is 14.3 Å². The lowest BCUT2D eigenvalue weighted by molar-refractivity contribution is -0.138. The molecule has 0 unspecified atom stereocenters. The Kier molecular flexibility index (Phi) is 6.22. The van der Waals surface area contributed by atoms with Crippen LogP contribution in [-0.4, -0.2) is 46.7 Å². The molecule has 0 bridgehead atoms. The standard InChI is InChI=1S/C10H17NO5S/c1-10(2,15)7(4-8(12)16-3)17-5-6(11)9(13)14/h4,6,15H,5,11H2,1-3H3,(H,13,14)/b7-4-/t6-/m0/s1. The molecule has 17 heavy (non-hydrogen) atoms. The summed E-state index contributed by atoms with van der Waals surface area (Å²) in [6, 6.07) is -1.05. The van der Waals surface area contributed by atoms with Gasteiger partial charge in [0.25, 0.3) is 0 Å². The van der Waals surface area contributed by atoms with Crippen molar-refractivity contribution in [2.24, 2.45) is 5.73 Å². The Hall–Kier alpha value is -1.05. The Labute approximate surface area is 104 Å². The normalized spacial score (nSPS) is 14.3. The molecule has 0 radical (unpaired) electrons. The molecule has 0 heterocycles. The molecule has 7 heteroatoms. The Morgan fingerprint density at radius 1 is 1.53 bits per heavy atom. The van der Waals surface area contributed by atoms with Crippen LogP contribution >= 0.6 is 11.8 Å². The lowest BCUT2D eigenvalue weighted by Gasteiger charge is -2.21. The number of carboxylic acid groups (broad SMARTS) is 1. The molecule has 0 aromatic rings. The fraction of sp³-hybridized carbons (Fsp3) is 0.600. The molecular weight excluding hydrogens is 246 g/mol. The zero-order chi connectivity index (χ0) is 13.6. The topological polar surface area (TPSA) is 110 Å². The molecule has 0 aliphatic rings. The van der Waals surface area contributed by atoms with Crippen LogP contribution in [0.2, 0.25) is 0 Å². The highest BCUT2D eigenvalue weighted by atomic mass is 32.2. The zero-order valence-corrected chi connectivity index (χ0v) is 10.8. The summed E-state index contributed by atoms with van der Waals surface area (Å²) >= 11 is 1.01. The third kappa shape index (κ3) is 6.30. The summed E-state index contributed by atoms with van der Waals surface area (Å²) < 4.78 is 4.44. The number of hydrogen-bond donors (Lipinski definition) is 3. The van der Waals surface area contributed by atoms with E-state index in [0.717, 1.165) is 17.8 Å². The highest BCUT2D eigenvalue weighted by molar-refractivity contribution is 8.03. The van der Waals surface area contributed by atoms with Crippen molar-refractivity contribution in [1.82, 2.24) is 0 Å². The van der Waals surface area contributed by atoms with E-state index in [0.29, 0.717) is 4.91 Å². The van der Waals surface area contributed by atoms with Gasteiger partial charge in [-0.2, -0.15) is 0 Å². The van der Waals surface area contributed by atoms with E-state index in [9.17, 15) is 14.7 Å². The van der Waals surface area contributed by atoms with E-state index in [2.05, 4.69) is 4.74 Å². The van der Waals surface area contributed by atoms with Gasteiger partial charge < -0.3 is 20.7 Å². The van der Waals surface area contributed by atoms with Crippen LogP contribution in [0.4, 0.5) is 0 Å². The van der Waals surface area contributed by atoms with Crippen molar-refractivity contribution in [3.8, 4) is 0 Å². The molecule has 4 N–H and O–H groups in total. The molecule has 0 spiro atoms. The van der Waals surface area contributed by atoms with Crippen molar-refractivity contribution < 1.29 is 24.5 Å². The summed E-state index contributed by atoms with van der Waals surface area (Å²) in [6.07, 6.45) is 1.12. The Morgan fingerprint density at radius 2 is 2.06 bits per heavy atom. The van der Waals surface area contributed by atoms with Crippen molar-refractivity contribution in [3.05, 3.63) is 11.0 Å². The zero-order valence-electron chi connectivity index (χ0n) is 9.97. The highest BCUT2D eigenvalue weighted by Gasteiger charge is 2.23. The number of carbonyl (C=O) groups is 2. The number of thioether (sulfide) groups is 1. The molecule has 0 aromatic heterocycles. The lowest BCUT2D eigenvalue weighted by atomic mass is 10.1. The predicted molar refractivity (Wildman–Crippen MR) is 64.5 cm³/mol. The Balaban J connectivity index is 4.69. The average Bonchev–Trinajstić information content (AvgIpc) is 2.21. The minimum atomic E-state index is -1.25. The SMILES string of the molecule is COC(=O)/C=C(\SC[C@H](N)C(=O)O)C(C)(C)O. The van der Waals surface area contributed by atoms with Crippen LogP contribution in [0.15, 0.2) is 11.0 Å². The summed E-state index contributed by atoms with van der Waals surface area (Å²) in [6.45, 7) is 2.97. The molecule has 0 saturated heterocycles. The van der Waals surface area contributed by atoms with Gasteiger partial charge in [0.2, 0.25) is 0 Å². The highest BCUT2D eigenvalue weighted by Crippen LogP contribution is 2.28. The van der Waals surface area contributed by atoms with Gasteiger partial charge in [0.15, 0.2) is 0 Å². The van der Waals surface area contributed by atoms with Crippen LogP contribution in [0.1, 0.15) is 13.8 Å². The Bertz CT molecular complexity index is 321. The summed E-state index contributed by atoms with van der Waals surface area (Å²) in [5, 5.41) is 18.4. The number of carboxylic acids is 1. The number of rotatable bonds is 6. The van der Waals surface area contributed by atoms with Crippen molar-refractivity contribution in [2.45, 2.75) is 25.5 Å². The lowest BCUT2D eigenvalue weighted by Crippen LogP contribution is -2.33. The monoisotopic (exact) mass is 263 g/mol. The van der Waals surface area contributed by atoms with Crippen molar-refractivity contribution in [2.75, 3.05) is 12.9 Å². The maximum Gasteiger partial charge on any atom is 0.331 e. The first-order valence-corrected chi connectivity index (χ1v) is 5.80. The smallest absolute Gasteiger partial charge is 0.331 e. The molecule has 98 valence electrons. The maximum absolute atomic E-state index is 11.1. The number of ether oxygens (including phenoxy) is 1. The van der Waals surface area contributed by atoms with Crippen LogP contribution in [0, 0.1) is 0 Å². The molecule has 0 fully saturated rings. The third-order valence-corrected chi connectivity index (χ3v) is 3.24. The largest absolute Gasteiger partial charge is 0.480 e. The summed E-state index contributed by atoms with van der Waals surface area (Å²) in [7, 11) is 1.22. The van der Waals surface area contributed by atoms with Crippen LogP contribution in [0.5, 0.6) is 0 Å². The minimum Gasteiger partial charge on any atom is -0.480 e. The number of methoxy groups -OCH3 is 1. The number of aliphatic hydroxyl groups is 1. The van der Waals surface area contributed by atoms with E-state index in [1.165, 1.54) is 21.0 Å². The summed E-state index contributed by atoms with van der Waals surface area (Å²) in [5.41, 5.74) is 4.07. The van der Waals surface area contributed by atoms with Crippen molar-refractivity contribution in [1.29, 1.82) is 0 Å². The van der Waals surface area contributed by atoms with E-state index in [1.54, 1.807) is 0 Å². The van der Waals surface area contributed by atoms with Crippen LogP contribution in [0.3, 0.4) is 0 Å². The molecular formula is C10H17NO5S. The van der Waals surface area contributed by atoms with Crippen molar-refractivity contribution >= 4 is 23.7 Å². The number of carbonyl (C=O) groups excluding carboxylic acids is 1. The molecule has 0 aliphatic heterocycles. The van der Waals surface area contributed by atoms with Crippen LogP contribution in [0.25, 0.3) is 0 Å². The average molecular weight is 263 g/mol. The first-order chi connectivity index (χ1) is 7.68. The molecule has 0 rings (SSSR count). The van der Waals surface area contributed by atoms with Gasteiger partial charge in [0.05, 0.1) is 12.7 Å². The first-order valence-electron chi connectivity index (χ1n) is 4.82. The van der Waals surface area contributed by atoms with Gasteiger partial charge in [0, 0.05) is 16.7 Å². The summed E-state index contributed by atoms with van der Waals surface area (Å²) in [4.78, 5) is 21.9. The quantitative estimate of drug-likeness (QED) is 0.455. The predicted octanol–water partition coefficient (Wildman–Crippen LogP) is -0.0407. The number of aliphatic carboxylic acids is 1. The second-order valence-corrected chi connectivity index (χ2v) is 4.91. The van der Waals surface area contributed by atoms with E-state index >= 15 is 0 Å². The molecule has 0 aromatic carbocycles. The molecule has 6 nitrogen and oxygen atoms in total. The van der Waals surface area contributed by atoms with E-state index in [4.69, 9.17) is 10.8 Å². The van der Waals surface area contributed by atoms with Crippen LogP contribution < -0.4 is 5.73 Å². The molecule has 0 aliphatic carbocycles. The van der Waals surface area contributed by atoms with Gasteiger partial charge in [-0.05, 0) is 13.8 Å². The first kappa shape index (κ1) is 16.0. The van der Waals surface area contributed by atoms with E-state index in [1.807, 2.05) is 0 Å².